The zero-order valence-electron chi connectivity index (χ0n) is 8.96. The number of halogens is 1. The van der Waals surface area contributed by atoms with Crippen molar-refractivity contribution in [3.63, 3.8) is 0 Å². The lowest BCUT2D eigenvalue weighted by Gasteiger charge is -1.98. The second kappa shape index (κ2) is 11.2. The second-order valence-electron chi connectivity index (χ2n) is 2.81. The molecule has 0 amide bonds. The first-order valence-electron chi connectivity index (χ1n) is 5.18. The summed E-state index contributed by atoms with van der Waals surface area (Å²) in [5.74, 6) is -0.194. The van der Waals surface area contributed by atoms with Crippen LogP contribution in [0.2, 0.25) is 0 Å². The fraction of sp³-hybridized carbons (Fsp3) is 0.538. The van der Waals surface area contributed by atoms with Crippen molar-refractivity contribution in [3.05, 3.63) is 35.6 Å². The summed E-state index contributed by atoms with van der Waals surface area (Å²) in [6.45, 7) is 4.24. The number of rotatable bonds is 4. The lowest BCUT2D eigenvalue weighted by molar-refractivity contribution is 0.284. The molecule has 1 nitrogen and oxygen atoms in total. The Labute approximate surface area is 93.0 Å². The maximum absolute atomic E-state index is 12.4. The first-order chi connectivity index (χ1) is 6.83. The Kier molecular flexibility index (Phi) is 12.3. The summed E-state index contributed by atoms with van der Waals surface area (Å²) in [5.41, 5.74) is 1.13. The first-order valence-corrected chi connectivity index (χ1v) is 5.18. The molecule has 1 aromatic rings. The molecule has 15 heavy (non-hydrogen) atoms. The zero-order valence-corrected chi connectivity index (χ0v) is 8.96. The summed E-state index contributed by atoms with van der Waals surface area (Å²) in [6, 6.07) is 6.50. The Morgan fingerprint density at radius 1 is 1.07 bits per heavy atom. The number of aliphatic hydroxyl groups excluding tert-OH is 1. The smallest absolute Gasteiger partial charge is 0.123 e. The van der Waals surface area contributed by atoms with E-state index in [-0.39, 0.29) is 19.9 Å². The van der Waals surface area contributed by atoms with Crippen LogP contribution in [0.5, 0.6) is 0 Å². The van der Waals surface area contributed by atoms with Gasteiger partial charge in [-0.05, 0) is 37.0 Å². The molecule has 0 saturated carbocycles. The van der Waals surface area contributed by atoms with Crippen LogP contribution in [0.25, 0.3) is 0 Å². The largest absolute Gasteiger partial charge is 0.396 e. The highest BCUT2D eigenvalue weighted by atomic mass is 19.1. The molecule has 2 heteroatoms. The van der Waals surface area contributed by atoms with Gasteiger partial charge in [0, 0.05) is 6.61 Å². The van der Waals surface area contributed by atoms with Crippen LogP contribution in [-0.2, 0) is 6.42 Å². The summed E-state index contributed by atoms with van der Waals surface area (Å²) in [6.07, 6.45) is 2.69. The van der Waals surface area contributed by atoms with Crippen LogP contribution < -0.4 is 0 Å². The third kappa shape index (κ3) is 8.13. The summed E-state index contributed by atoms with van der Waals surface area (Å²) < 4.78 is 12.4. The van der Waals surface area contributed by atoms with E-state index in [2.05, 4.69) is 0 Å². The van der Waals surface area contributed by atoms with Crippen molar-refractivity contribution < 1.29 is 9.50 Å². The van der Waals surface area contributed by atoms with Gasteiger partial charge in [0.1, 0.15) is 5.82 Å². The van der Waals surface area contributed by atoms with E-state index in [1.54, 1.807) is 12.1 Å². The molecule has 0 bridgehead atoms. The Morgan fingerprint density at radius 3 is 2.07 bits per heavy atom. The number of aryl methyl sites for hydroxylation is 1. The van der Waals surface area contributed by atoms with Gasteiger partial charge >= 0.3 is 0 Å². The molecule has 0 unspecified atom stereocenters. The quantitative estimate of drug-likeness (QED) is 0.756. The maximum atomic E-state index is 12.4. The number of hydrogen-bond donors (Lipinski definition) is 1. The maximum Gasteiger partial charge on any atom is 0.123 e. The van der Waals surface area contributed by atoms with Crippen molar-refractivity contribution in [1.82, 2.24) is 0 Å². The Balaban J connectivity index is 0. The van der Waals surface area contributed by atoms with Gasteiger partial charge in [0.05, 0.1) is 0 Å². The minimum absolute atomic E-state index is 0. The average Bonchev–Trinajstić information content (AvgIpc) is 2.24. The molecule has 1 aromatic carbocycles. The van der Waals surface area contributed by atoms with E-state index < -0.39 is 0 Å². The molecular formula is C13H23FO. The molecule has 0 aliphatic rings. The van der Waals surface area contributed by atoms with Crippen LogP contribution in [0.15, 0.2) is 24.3 Å². The van der Waals surface area contributed by atoms with Crippen LogP contribution >= 0.6 is 0 Å². The van der Waals surface area contributed by atoms with E-state index in [1.807, 2.05) is 13.8 Å². The number of unbranched alkanes of at least 4 members (excludes halogenated alkanes) is 1. The van der Waals surface area contributed by atoms with Crippen LogP contribution in [0, 0.1) is 5.82 Å². The van der Waals surface area contributed by atoms with Gasteiger partial charge in [-0.15, -0.1) is 0 Å². The van der Waals surface area contributed by atoms with Crippen molar-refractivity contribution >= 4 is 0 Å². The fourth-order valence-corrected chi connectivity index (χ4v) is 1.09. The van der Waals surface area contributed by atoms with E-state index in [9.17, 15) is 4.39 Å². The summed E-state index contributed by atoms with van der Waals surface area (Å²) in [4.78, 5) is 0. The minimum atomic E-state index is -0.194. The van der Waals surface area contributed by atoms with E-state index >= 15 is 0 Å². The summed E-state index contributed by atoms with van der Waals surface area (Å²) in [7, 11) is 0. The molecule has 0 aromatic heterocycles. The van der Waals surface area contributed by atoms with E-state index in [1.165, 1.54) is 12.1 Å². The third-order valence-corrected chi connectivity index (χ3v) is 1.79. The molecule has 1 N–H and O–H groups in total. The SMILES string of the molecule is C.CC.OCCCCc1ccc(F)cc1. The highest BCUT2D eigenvalue weighted by molar-refractivity contribution is 5.15. The van der Waals surface area contributed by atoms with Crippen molar-refractivity contribution in [2.45, 2.75) is 40.5 Å². The molecule has 0 aliphatic heterocycles. The second-order valence-corrected chi connectivity index (χ2v) is 2.81. The van der Waals surface area contributed by atoms with Gasteiger partial charge in [0.15, 0.2) is 0 Å². The molecule has 0 saturated heterocycles. The molecule has 0 spiro atoms. The Hall–Kier alpha value is -0.890. The monoisotopic (exact) mass is 214 g/mol. The van der Waals surface area contributed by atoms with Crippen molar-refractivity contribution in [1.29, 1.82) is 0 Å². The van der Waals surface area contributed by atoms with Gasteiger partial charge in [0.2, 0.25) is 0 Å². The highest BCUT2D eigenvalue weighted by Crippen LogP contribution is 2.06. The molecule has 0 radical (unpaired) electrons. The van der Waals surface area contributed by atoms with Gasteiger partial charge in [0.25, 0.3) is 0 Å². The molecule has 0 fully saturated rings. The van der Waals surface area contributed by atoms with Crippen LogP contribution in [0.1, 0.15) is 39.7 Å². The third-order valence-electron chi connectivity index (χ3n) is 1.79. The first kappa shape index (κ1) is 16.5. The molecular weight excluding hydrogens is 191 g/mol. The van der Waals surface area contributed by atoms with E-state index in [0.717, 1.165) is 24.8 Å². The van der Waals surface area contributed by atoms with E-state index in [0.29, 0.717) is 0 Å². The molecule has 0 heterocycles. The molecule has 0 aliphatic carbocycles. The van der Waals surface area contributed by atoms with Crippen LogP contribution in [0.4, 0.5) is 4.39 Å². The summed E-state index contributed by atoms with van der Waals surface area (Å²) >= 11 is 0. The average molecular weight is 214 g/mol. The number of aliphatic hydroxyl groups is 1. The molecule has 88 valence electrons. The number of hydrogen-bond acceptors (Lipinski definition) is 1. The molecule has 0 atom stereocenters. The number of benzene rings is 1. The van der Waals surface area contributed by atoms with Gasteiger partial charge in [-0.1, -0.05) is 33.4 Å². The van der Waals surface area contributed by atoms with Crippen molar-refractivity contribution in [2.24, 2.45) is 0 Å². The van der Waals surface area contributed by atoms with Crippen LogP contribution in [0.3, 0.4) is 0 Å². The van der Waals surface area contributed by atoms with Crippen LogP contribution in [-0.4, -0.2) is 11.7 Å². The van der Waals surface area contributed by atoms with E-state index in [4.69, 9.17) is 5.11 Å². The van der Waals surface area contributed by atoms with Crippen molar-refractivity contribution in [3.8, 4) is 0 Å². The summed E-state index contributed by atoms with van der Waals surface area (Å²) in [5, 5.41) is 8.53. The zero-order chi connectivity index (χ0) is 10.8. The topological polar surface area (TPSA) is 20.2 Å². The fourth-order valence-electron chi connectivity index (χ4n) is 1.09. The lowest BCUT2D eigenvalue weighted by atomic mass is 10.1. The lowest BCUT2D eigenvalue weighted by Crippen LogP contribution is -1.88. The highest BCUT2D eigenvalue weighted by Gasteiger charge is 1.93. The Morgan fingerprint density at radius 2 is 1.60 bits per heavy atom. The normalized spacial score (nSPS) is 8.53. The van der Waals surface area contributed by atoms with Crippen molar-refractivity contribution in [2.75, 3.05) is 6.61 Å². The predicted molar refractivity (Wildman–Crippen MR) is 64.5 cm³/mol. The standard InChI is InChI=1S/C10H13FO.C2H6.CH4/c11-10-6-4-9(5-7-10)3-1-2-8-12;1-2;/h4-7,12H,1-3,8H2;1-2H3;1H4. The molecule has 1 rings (SSSR count). The van der Waals surface area contributed by atoms with Gasteiger partial charge < -0.3 is 5.11 Å². The Bertz CT molecular complexity index is 218. The minimum Gasteiger partial charge on any atom is -0.396 e. The van der Waals surface area contributed by atoms with Gasteiger partial charge in [-0.25, -0.2) is 4.39 Å². The van der Waals surface area contributed by atoms with Gasteiger partial charge in [-0.3, -0.25) is 0 Å². The predicted octanol–water partition coefficient (Wildman–Crippen LogP) is 3.80. The van der Waals surface area contributed by atoms with Gasteiger partial charge in [-0.2, -0.15) is 0 Å².